The molecule has 11 nitrogen and oxygen atoms in total. The predicted octanol–water partition coefficient (Wildman–Crippen LogP) is 5.15. The first-order chi connectivity index (χ1) is 21.3. The Hall–Kier alpha value is -4.22. The van der Waals surface area contributed by atoms with E-state index in [1.807, 2.05) is 31.6 Å². The number of aromatic nitrogens is 4. The van der Waals surface area contributed by atoms with Gasteiger partial charge in [-0.25, -0.2) is 9.97 Å². The number of nitrogens with zero attached hydrogens (tertiary/aromatic N) is 5. The lowest BCUT2D eigenvalue weighted by Crippen LogP contribution is -2.45. The van der Waals surface area contributed by atoms with E-state index in [-0.39, 0.29) is 18.0 Å². The van der Waals surface area contributed by atoms with Gasteiger partial charge in [0.15, 0.2) is 0 Å². The second kappa shape index (κ2) is 12.4. The number of methoxy groups -OCH3 is 2. The summed E-state index contributed by atoms with van der Waals surface area (Å²) in [6.07, 6.45) is 9.25. The van der Waals surface area contributed by atoms with Gasteiger partial charge in [-0.3, -0.25) is 9.48 Å². The van der Waals surface area contributed by atoms with Crippen molar-refractivity contribution < 1.29 is 14.3 Å². The van der Waals surface area contributed by atoms with Gasteiger partial charge in [0.05, 0.1) is 53.9 Å². The van der Waals surface area contributed by atoms with Crippen molar-refractivity contribution in [2.45, 2.75) is 24.9 Å². The molecule has 0 radical (unpaired) electrons. The molecule has 1 aromatic carbocycles. The Morgan fingerprint density at radius 3 is 2.45 bits per heavy atom. The summed E-state index contributed by atoms with van der Waals surface area (Å²) < 4.78 is 12.7. The van der Waals surface area contributed by atoms with Crippen LogP contribution < -0.4 is 30.3 Å². The number of anilines is 3. The van der Waals surface area contributed by atoms with E-state index in [9.17, 15) is 4.79 Å². The standard InChI is InChI=1S/C31H34Cl2N8O3/c1-5-27(42)38-23-16-41(19-13-36-40(2)14-19)15-22(23)37-26-9-20-18(12-34-26)8-21(39-31(20)35-11-17-6-7-17)28-29(32)24(43-3)10-25(44-4)30(28)33/h5,8-10,12-14,17,22-23H,1,6-7,11,15-16H2,2-4H3,(H,34,37)(H,35,39)(H,38,42)/t22-,23+/m1/s1. The topological polar surface area (TPSA) is 118 Å². The molecule has 13 heteroatoms. The first-order valence-corrected chi connectivity index (χ1v) is 15.1. The number of amides is 1. The smallest absolute Gasteiger partial charge is 0.243 e. The third-order valence-corrected chi connectivity index (χ3v) is 8.77. The van der Waals surface area contributed by atoms with E-state index in [4.69, 9.17) is 42.6 Å². The number of rotatable bonds is 11. The maximum atomic E-state index is 12.3. The van der Waals surface area contributed by atoms with Crippen molar-refractivity contribution in [3.05, 3.63) is 59.5 Å². The van der Waals surface area contributed by atoms with Crippen LogP contribution in [0.5, 0.6) is 11.5 Å². The van der Waals surface area contributed by atoms with Crippen LogP contribution in [0, 0.1) is 5.92 Å². The van der Waals surface area contributed by atoms with Crippen molar-refractivity contribution in [2.75, 3.05) is 49.4 Å². The van der Waals surface area contributed by atoms with Crippen LogP contribution >= 0.6 is 23.2 Å². The molecule has 230 valence electrons. The quantitative estimate of drug-likeness (QED) is 0.192. The Kier molecular flexibility index (Phi) is 8.42. The molecular weight excluding hydrogens is 603 g/mol. The van der Waals surface area contributed by atoms with Gasteiger partial charge in [0.2, 0.25) is 5.91 Å². The number of nitrogens with one attached hydrogen (secondary N) is 3. The minimum atomic E-state index is -0.226. The number of hydrogen-bond donors (Lipinski definition) is 3. The molecule has 2 fully saturated rings. The fourth-order valence-electron chi connectivity index (χ4n) is 5.47. The molecule has 1 saturated heterocycles. The fraction of sp³-hybridized carbons (Fsp3) is 0.355. The molecule has 2 atom stereocenters. The average Bonchev–Trinajstić information content (AvgIpc) is 3.63. The molecule has 4 aromatic rings. The average molecular weight is 638 g/mol. The monoisotopic (exact) mass is 636 g/mol. The summed E-state index contributed by atoms with van der Waals surface area (Å²) in [7, 11) is 4.97. The second-order valence-electron chi connectivity index (χ2n) is 11.1. The Morgan fingerprint density at radius 1 is 1.09 bits per heavy atom. The lowest BCUT2D eigenvalue weighted by molar-refractivity contribution is -0.117. The number of pyridine rings is 2. The number of halogens is 2. The molecule has 3 N–H and O–H groups in total. The first-order valence-electron chi connectivity index (χ1n) is 14.4. The summed E-state index contributed by atoms with van der Waals surface area (Å²) >= 11 is 13.5. The van der Waals surface area contributed by atoms with Gasteiger partial charge in [-0.05, 0) is 37.0 Å². The molecule has 44 heavy (non-hydrogen) atoms. The van der Waals surface area contributed by atoms with E-state index in [1.165, 1.54) is 18.9 Å². The van der Waals surface area contributed by atoms with Crippen LogP contribution in [0.25, 0.3) is 22.0 Å². The molecule has 4 heterocycles. The molecule has 1 saturated carbocycles. The number of hydrogen-bond acceptors (Lipinski definition) is 9. The fourth-order valence-corrected chi connectivity index (χ4v) is 6.17. The van der Waals surface area contributed by atoms with E-state index in [0.717, 1.165) is 23.0 Å². The molecule has 0 bridgehead atoms. The summed E-state index contributed by atoms with van der Waals surface area (Å²) in [6, 6.07) is 5.24. The number of carbonyl (C=O) groups excluding carboxylic acids is 1. The minimum Gasteiger partial charge on any atom is -0.495 e. The van der Waals surface area contributed by atoms with E-state index in [2.05, 4.69) is 32.5 Å². The van der Waals surface area contributed by atoms with Crippen molar-refractivity contribution in [1.82, 2.24) is 25.1 Å². The van der Waals surface area contributed by atoms with Gasteiger partial charge in [-0.1, -0.05) is 29.8 Å². The SMILES string of the molecule is C=CC(=O)N[C@H]1CN(c2cnn(C)c2)C[C@H]1Nc1cc2c(NCC3CC3)nc(-c3c(Cl)c(OC)cc(OC)c3Cl)cc2cn1. The molecular formula is C31H34Cl2N8O3. The van der Waals surface area contributed by atoms with Crippen LogP contribution in [-0.4, -0.2) is 71.6 Å². The Balaban J connectivity index is 1.36. The molecule has 0 spiro atoms. The molecule has 1 amide bonds. The summed E-state index contributed by atoms with van der Waals surface area (Å²) in [5.41, 5.74) is 2.07. The predicted molar refractivity (Wildman–Crippen MR) is 174 cm³/mol. The summed E-state index contributed by atoms with van der Waals surface area (Å²) in [5, 5.41) is 16.9. The zero-order valence-corrected chi connectivity index (χ0v) is 26.2. The van der Waals surface area contributed by atoms with E-state index >= 15 is 0 Å². The summed E-state index contributed by atoms with van der Waals surface area (Å²) in [4.78, 5) is 24.2. The zero-order chi connectivity index (χ0) is 31.0. The van der Waals surface area contributed by atoms with Crippen LogP contribution in [-0.2, 0) is 11.8 Å². The normalized spacial score (nSPS) is 17.9. The van der Waals surface area contributed by atoms with E-state index < -0.39 is 0 Å². The first kappa shape index (κ1) is 29.8. The molecule has 3 aromatic heterocycles. The highest BCUT2D eigenvalue weighted by Gasteiger charge is 2.34. The number of aryl methyl sites for hydroxylation is 1. The van der Waals surface area contributed by atoms with Crippen molar-refractivity contribution in [2.24, 2.45) is 13.0 Å². The molecule has 0 unspecified atom stereocenters. The summed E-state index contributed by atoms with van der Waals surface area (Å²) in [6.45, 7) is 5.67. The molecule has 2 aliphatic rings. The van der Waals surface area contributed by atoms with Crippen molar-refractivity contribution in [3.63, 3.8) is 0 Å². The van der Waals surface area contributed by atoms with Gasteiger partial charge in [-0.2, -0.15) is 5.10 Å². The Labute approximate surface area is 265 Å². The third-order valence-electron chi connectivity index (χ3n) is 8.02. The van der Waals surface area contributed by atoms with E-state index in [0.29, 0.717) is 63.4 Å². The third kappa shape index (κ3) is 6.07. The van der Waals surface area contributed by atoms with Gasteiger partial charge < -0.3 is 30.3 Å². The lowest BCUT2D eigenvalue weighted by atomic mass is 10.1. The summed E-state index contributed by atoms with van der Waals surface area (Å²) in [5.74, 6) is 2.62. The highest BCUT2D eigenvalue weighted by Crippen LogP contribution is 2.46. The van der Waals surface area contributed by atoms with Crippen molar-refractivity contribution >= 4 is 57.2 Å². The van der Waals surface area contributed by atoms with Crippen LogP contribution in [0.2, 0.25) is 10.0 Å². The number of ether oxygens (including phenoxy) is 2. The van der Waals surface area contributed by atoms with Crippen molar-refractivity contribution in [1.29, 1.82) is 0 Å². The molecule has 1 aliphatic heterocycles. The minimum absolute atomic E-state index is 0.124. The van der Waals surface area contributed by atoms with Gasteiger partial charge >= 0.3 is 0 Å². The van der Waals surface area contributed by atoms with Crippen molar-refractivity contribution in [3.8, 4) is 22.8 Å². The van der Waals surface area contributed by atoms with Gasteiger partial charge in [0, 0.05) is 61.5 Å². The molecule has 6 rings (SSSR count). The highest BCUT2D eigenvalue weighted by molar-refractivity contribution is 6.41. The largest absolute Gasteiger partial charge is 0.495 e. The maximum Gasteiger partial charge on any atom is 0.243 e. The second-order valence-corrected chi connectivity index (χ2v) is 11.9. The Morgan fingerprint density at radius 2 is 1.82 bits per heavy atom. The number of fused-ring (bicyclic) bond motifs is 1. The van der Waals surface area contributed by atoms with Crippen LogP contribution in [0.1, 0.15) is 12.8 Å². The van der Waals surface area contributed by atoms with Gasteiger partial charge in [-0.15, -0.1) is 0 Å². The number of benzene rings is 1. The van der Waals surface area contributed by atoms with Gasteiger partial charge in [0.1, 0.15) is 23.1 Å². The van der Waals surface area contributed by atoms with Crippen LogP contribution in [0.4, 0.5) is 17.3 Å². The van der Waals surface area contributed by atoms with E-state index in [1.54, 1.807) is 31.2 Å². The molecule has 1 aliphatic carbocycles. The lowest BCUT2D eigenvalue weighted by Gasteiger charge is -2.21. The maximum absolute atomic E-state index is 12.3. The Bertz CT molecular complexity index is 1700. The number of carbonyl (C=O) groups is 1. The van der Waals surface area contributed by atoms with Crippen LogP contribution in [0.15, 0.2) is 49.4 Å². The highest BCUT2D eigenvalue weighted by atomic mass is 35.5. The van der Waals surface area contributed by atoms with Gasteiger partial charge in [0.25, 0.3) is 0 Å². The zero-order valence-electron chi connectivity index (χ0n) is 24.7. The van der Waals surface area contributed by atoms with Crippen LogP contribution in [0.3, 0.4) is 0 Å².